The quantitative estimate of drug-likeness (QED) is 0.848. The van der Waals surface area contributed by atoms with Crippen LogP contribution in [-0.2, 0) is 15.0 Å². The van der Waals surface area contributed by atoms with Gasteiger partial charge in [-0.25, -0.2) is 0 Å². The van der Waals surface area contributed by atoms with Crippen LogP contribution in [0.2, 0.25) is 0 Å². The minimum Gasteiger partial charge on any atom is -0.353 e. The van der Waals surface area contributed by atoms with Gasteiger partial charge in [-0.2, -0.15) is 0 Å². The average Bonchev–Trinajstić information content (AvgIpc) is 3.16. The molecule has 1 aromatic carbocycles. The lowest BCUT2D eigenvalue weighted by Crippen LogP contribution is -2.51. The molecule has 124 valence electrons. The van der Waals surface area contributed by atoms with Crippen molar-refractivity contribution in [2.45, 2.75) is 56.9 Å². The summed E-state index contributed by atoms with van der Waals surface area (Å²) in [5, 5.41) is 5.98. The lowest BCUT2D eigenvalue weighted by atomic mass is 9.94. The number of benzene rings is 1. The molecule has 2 fully saturated rings. The third-order valence-corrected chi connectivity index (χ3v) is 5.35. The molecule has 2 saturated carbocycles. The number of nitrogens with one attached hydrogen (secondary N) is 2. The molecule has 1 atom stereocenters. The van der Waals surface area contributed by atoms with Crippen LogP contribution in [0.3, 0.4) is 0 Å². The molecule has 23 heavy (non-hydrogen) atoms. The molecule has 3 rings (SSSR count). The van der Waals surface area contributed by atoms with Crippen LogP contribution in [-0.4, -0.2) is 24.4 Å². The molecule has 0 radical (unpaired) electrons. The van der Waals surface area contributed by atoms with E-state index in [-0.39, 0.29) is 29.2 Å². The minimum atomic E-state index is -0.374. The van der Waals surface area contributed by atoms with Gasteiger partial charge in [-0.05, 0) is 37.2 Å². The number of rotatable bonds is 6. The zero-order chi connectivity index (χ0) is 16.3. The molecule has 2 amide bonds. The molecule has 0 spiro atoms. The lowest BCUT2D eigenvalue weighted by molar-refractivity contribution is -0.129. The summed E-state index contributed by atoms with van der Waals surface area (Å²) in [6.45, 7) is 2.15. The monoisotopic (exact) mass is 314 g/mol. The Labute approximate surface area is 138 Å². The zero-order valence-corrected chi connectivity index (χ0v) is 13.8. The van der Waals surface area contributed by atoms with Gasteiger partial charge in [0.25, 0.3) is 0 Å². The molecule has 2 N–H and O–H groups in total. The Morgan fingerprint density at radius 3 is 2.39 bits per heavy atom. The van der Waals surface area contributed by atoms with Gasteiger partial charge in [0.2, 0.25) is 11.8 Å². The molecular formula is C19H26N2O2. The first kappa shape index (κ1) is 16.0. The van der Waals surface area contributed by atoms with Gasteiger partial charge in [0.15, 0.2) is 0 Å². The second kappa shape index (κ2) is 6.73. The highest BCUT2D eigenvalue weighted by Gasteiger charge is 2.44. The van der Waals surface area contributed by atoms with Gasteiger partial charge in [-0.1, -0.05) is 43.2 Å². The fourth-order valence-corrected chi connectivity index (χ4v) is 3.78. The van der Waals surface area contributed by atoms with Crippen molar-refractivity contribution in [3.63, 3.8) is 0 Å². The molecule has 0 aliphatic heterocycles. The van der Waals surface area contributed by atoms with Crippen LogP contribution in [0.25, 0.3) is 0 Å². The second-order valence-electron chi connectivity index (χ2n) is 7.09. The first-order valence-corrected chi connectivity index (χ1v) is 8.71. The van der Waals surface area contributed by atoms with Crippen LogP contribution in [0.4, 0.5) is 0 Å². The molecule has 0 aromatic heterocycles. The normalized spacial score (nSPS) is 20.7. The molecule has 4 nitrogen and oxygen atoms in total. The fourth-order valence-electron chi connectivity index (χ4n) is 3.78. The van der Waals surface area contributed by atoms with Crippen molar-refractivity contribution >= 4 is 11.8 Å². The van der Waals surface area contributed by atoms with Crippen molar-refractivity contribution in [1.29, 1.82) is 0 Å². The maximum Gasteiger partial charge on any atom is 0.242 e. The highest BCUT2D eigenvalue weighted by atomic mass is 16.2. The van der Waals surface area contributed by atoms with Crippen LogP contribution >= 0.6 is 0 Å². The van der Waals surface area contributed by atoms with E-state index in [2.05, 4.69) is 34.9 Å². The third-order valence-electron chi connectivity index (χ3n) is 5.35. The lowest BCUT2D eigenvalue weighted by Gasteiger charge is -2.25. The standard InChI is InChI=1S/C19H26N2O2/c1-14(22)21-17(15-7-5-6-8-15)18(23)20-13-19(11-12-19)16-9-3-2-4-10-16/h2-4,9-10,15,17H,5-8,11-13H2,1H3,(H,20,23)(H,21,22)/t17-/m0/s1. The Morgan fingerprint density at radius 2 is 1.83 bits per heavy atom. The first-order chi connectivity index (χ1) is 11.1. The van der Waals surface area contributed by atoms with Crippen LogP contribution in [0.5, 0.6) is 0 Å². The van der Waals surface area contributed by atoms with Crippen molar-refractivity contribution in [3.05, 3.63) is 35.9 Å². The van der Waals surface area contributed by atoms with Crippen molar-refractivity contribution in [1.82, 2.24) is 10.6 Å². The van der Waals surface area contributed by atoms with Crippen molar-refractivity contribution in [2.75, 3.05) is 6.54 Å². The summed E-state index contributed by atoms with van der Waals surface area (Å²) in [7, 11) is 0. The van der Waals surface area contributed by atoms with Crippen molar-refractivity contribution in [3.8, 4) is 0 Å². The number of hydrogen-bond acceptors (Lipinski definition) is 2. The Hall–Kier alpha value is -1.84. The van der Waals surface area contributed by atoms with Gasteiger partial charge in [0.05, 0.1) is 0 Å². The predicted molar refractivity (Wildman–Crippen MR) is 89.9 cm³/mol. The van der Waals surface area contributed by atoms with E-state index in [9.17, 15) is 9.59 Å². The molecule has 0 heterocycles. The van der Waals surface area contributed by atoms with E-state index < -0.39 is 0 Å². The highest BCUT2D eigenvalue weighted by Crippen LogP contribution is 2.47. The van der Waals surface area contributed by atoms with Gasteiger partial charge < -0.3 is 10.6 Å². The van der Waals surface area contributed by atoms with Gasteiger partial charge in [-0.15, -0.1) is 0 Å². The summed E-state index contributed by atoms with van der Waals surface area (Å²) >= 11 is 0. The van der Waals surface area contributed by atoms with E-state index in [1.165, 1.54) is 12.5 Å². The Balaban J connectivity index is 1.61. The second-order valence-corrected chi connectivity index (χ2v) is 7.09. The number of carbonyl (C=O) groups is 2. The minimum absolute atomic E-state index is 0.0192. The number of hydrogen-bond donors (Lipinski definition) is 2. The Morgan fingerprint density at radius 1 is 1.17 bits per heavy atom. The molecule has 2 aliphatic rings. The van der Waals surface area contributed by atoms with Crippen LogP contribution in [0.1, 0.15) is 51.0 Å². The van der Waals surface area contributed by atoms with E-state index in [1.807, 2.05) is 6.07 Å². The first-order valence-electron chi connectivity index (χ1n) is 8.71. The Bertz CT molecular complexity index is 560. The molecule has 4 heteroatoms. The smallest absolute Gasteiger partial charge is 0.242 e. The number of amides is 2. The van der Waals surface area contributed by atoms with Crippen molar-refractivity contribution in [2.24, 2.45) is 5.92 Å². The summed E-state index contributed by atoms with van der Waals surface area (Å²) in [6, 6.07) is 10.0. The zero-order valence-electron chi connectivity index (χ0n) is 13.8. The SMILES string of the molecule is CC(=O)N[C@H](C(=O)NCC1(c2ccccc2)CC1)C1CCCC1. The third kappa shape index (κ3) is 3.74. The van der Waals surface area contributed by atoms with Gasteiger partial charge in [0.1, 0.15) is 6.04 Å². The maximum absolute atomic E-state index is 12.6. The maximum atomic E-state index is 12.6. The molecule has 0 unspecified atom stereocenters. The van der Waals surface area contributed by atoms with Crippen molar-refractivity contribution < 1.29 is 9.59 Å². The summed E-state index contributed by atoms with van der Waals surface area (Å²) in [4.78, 5) is 24.1. The summed E-state index contributed by atoms with van der Waals surface area (Å²) in [5.41, 5.74) is 1.41. The fraction of sp³-hybridized carbons (Fsp3) is 0.579. The van der Waals surface area contributed by atoms with Gasteiger partial charge in [-0.3, -0.25) is 9.59 Å². The summed E-state index contributed by atoms with van der Waals surface area (Å²) in [6.07, 6.45) is 6.60. The van der Waals surface area contributed by atoms with E-state index in [0.717, 1.165) is 38.5 Å². The van der Waals surface area contributed by atoms with Crippen LogP contribution in [0.15, 0.2) is 30.3 Å². The van der Waals surface area contributed by atoms with E-state index in [1.54, 1.807) is 0 Å². The van der Waals surface area contributed by atoms with Crippen LogP contribution in [0, 0.1) is 5.92 Å². The predicted octanol–water partition coefficient (Wildman–Crippen LogP) is 2.53. The largest absolute Gasteiger partial charge is 0.353 e. The average molecular weight is 314 g/mol. The Kier molecular flexibility index (Phi) is 4.69. The van der Waals surface area contributed by atoms with E-state index >= 15 is 0 Å². The van der Waals surface area contributed by atoms with Gasteiger partial charge >= 0.3 is 0 Å². The summed E-state index contributed by atoms with van der Waals surface area (Å²) in [5.74, 6) is 0.140. The molecular weight excluding hydrogens is 288 g/mol. The van der Waals surface area contributed by atoms with Crippen LogP contribution < -0.4 is 10.6 Å². The molecule has 2 aliphatic carbocycles. The van der Waals surface area contributed by atoms with Gasteiger partial charge in [0, 0.05) is 18.9 Å². The van der Waals surface area contributed by atoms with E-state index in [0.29, 0.717) is 6.54 Å². The molecule has 0 saturated heterocycles. The number of carbonyl (C=O) groups excluding carboxylic acids is 2. The van der Waals surface area contributed by atoms with E-state index in [4.69, 9.17) is 0 Å². The molecule has 0 bridgehead atoms. The topological polar surface area (TPSA) is 58.2 Å². The summed E-state index contributed by atoms with van der Waals surface area (Å²) < 4.78 is 0. The molecule has 1 aromatic rings. The highest BCUT2D eigenvalue weighted by molar-refractivity contribution is 5.87.